The molecule has 0 atom stereocenters. The standard InChI is InChI=1S/C34H33N2OS.C17H32O2.Ir/c1-20-24-14-15-35-30(23-16-21-10-8-9-11-25(21)26(17-23)34(5,6)7)32(24)38-31(20)22-12-13-27-28(18-22)37-29(36-27)19-33(2,3)4;1-10(2)16(11(3)4)14(18)9-15(19)17(12(5)6)13(7)8;/h8-15,17-18H,19H2,1-7H3;9-13,16-18H,1-8H3;/q-1;;/b;14-9-;. The van der Waals surface area contributed by atoms with Gasteiger partial charge in [-0.1, -0.05) is 132 Å². The Labute approximate surface area is 365 Å². The monoisotopic (exact) mass is 978 g/mol. The zero-order valence-electron chi connectivity index (χ0n) is 37.4. The minimum atomic E-state index is -0.0119. The molecule has 0 spiro atoms. The first kappa shape index (κ1) is 47.0. The minimum Gasteiger partial charge on any atom is -0.512 e. The van der Waals surface area contributed by atoms with Crippen molar-refractivity contribution in [3.8, 4) is 21.7 Å². The number of pyridine rings is 1. The molecule has 0 saturated heterocycles. The SMILES string of the molecule is CC(C)C(C(=O)/C=C(\O)C(C(C)C)C(C)C)C(C)C.Cc1c(-c2ccc3nc(CC(C)(C)C)oc3c2)sc2c(-c3[c-]c4ccccc4c(C(C)(C)C)c3)nccc12.[Ir]. The maximum absolute atomic E-state index is 12.3. The van der Waals surface area contributed by atoms with Crippen LogP contribution in [-0.2, 0) is 36.7 Å². The van der Waals surface area contributed by atoms with Crippen LogP contribution < -0.4 is 0 Å². The molecule has 3 heterocycles. The number of aryl methyl sites for hydroxylation is 1. The third kappa shape index (κ3) is 10.7. The number of carbonyl (C=O) groups excluding carboxylic acids is 1. The smallest absolute Gasteiger partial charge is 0.195 e. The number of thiophene rings is 1. The summed E-state index contributed by atoms with van der Waals surface area (Å²) in [6.07, 6.45) is 4.22. The third-order valence-corrected chi connectivity index (χ3v) is 12.3. The summed E-state index contributed by atoms with van der Waals surface area (Å²) in [5, 5.41) is 13.9. The van der Waals surface area contributed by atoms with Crippen LogP contribution in [0.5, 0.6) is 0 Å². The quantitative estimate of drug-likeness (QED) is 0.0841. The third-order valence-electron chi connectivity index (χ3n) is 10.9. The molecule has 0 unspecified atom stereocenters. The van der Waals surface area contributed by atoms with E-state index in [0.29, 0.717) is 23.7 Å². The van der Waals surface area contributed by atoms with E-state index in [0.717, 1.165) is 45.6 Å². The summed E-state index contributed by atoms with van der Waals surface area (Å²) in [5.41, 5.74) is 7.65. The number of allylic oxidation sites excluding steroid dienone is 2. The average Bonchev–Trinajstić information content (AvgIpc) is 3.65. The number of hydrogen-bond donors (Lipinski definition) is 1. The van der Waals surface area contributed by atoms with Gasteiger partial charge in [-0.25, -0.2) is 4.98 Å². The van der Waals surface area contributed by atoms with Crippen molar-refractivity contribution in [3.63, 3.8) is 0 Å². The van der Waals surface area contributed by atoms with E-state index in [4.69, 9.17) is 14.4 Å². The van der Waals surface area contributed by atoms with E-state index >= 15 is 0 Å². The Kier molecular flexibility index (Phi) is 15.2. The van der Waals surface area contributed by atoms with Crippen molar-refractivity contribution in [2.45, 2.75) is 116 Å². The Morgan fingerprint density at radius 1 is 0.845 bits per heavy atom. The second-order valence-electron chi connectivity index (χ2n) is 19.5. The Morgan fingerprint density at radius 2 is 1.47 bits per heavy atom. The van der Waals surface area contributed by atoms with Crippen LogP contribution in [0.2, 0.25) is 0 Å². The van der Waals surface area contributed by atoms with Crippen molar-refractivity contribution < 1.29 is 34.4 Å². The molecule has 313 valence electrons. The predicted molar refractivity (Wildman–Crippen MR) is 243 cm³/mol. The Bertz CT molecular complexity index is 2370. The van der Waals surface area contributed by atoms with Crippen molar-refractivity contribution in [2.24, 2.45) is 40.9 Å². The van der Waals surface area contributed by atoms with Gasteiger partial charge < -0.3 is 9.52 Å². The van der Waals surface area contributed by atoms with Crippen LogP contribution >= 0.6 is 11.3 Å². The molecule has 0 fully saturated rings. The second kappa shape index (κ2) is 18.7. The van der Waals surface area contributed by atoms with Gasteiger partial charge in [0.1, 0.15) is 5.52 Å². The maximum atomic E-state index is 12.3. The molecule has 0 aliphatic heterocycles. The molecule has 0 bridgehead atoms. The summed E-state index contributed by atoms with van der Waals surface area (Å²) in [7, 11) is 0. The van der Waals surface area contributed by atoms with Gasteiger partial charge >= 0.3 is 0 Å². The van der Waals surface area contributed by atoms with Crippen molar-refractivity contribution in [3.05, 3.63) is 95.7 Å². The van der Waals surface area contributed by atoms with Gasteiger partial charge in [0.15, 0.2) is 17.3 Å². The number of nitrogens with zero attached hydrogens (tertiary/aromatic N) is 2. The zero-order valence-corrected chi connectivity index (χ0v) is 40.6. The van der Waals surface area contributed by atoms with Crippen LogP contribution in [-0.4, -0.2) is 20.9 Å². The molecule has 3 aromatic carbocycles. The zero-order chi connectivity index (χ0) is 42.1. The number of aliphatic hydroxyl groups is 1. The fourth-order valence-corrected chi connectivity index (χ4v) is 9.76. The van der Waals surface area contributed by atoms with Gasteiger partial charge in [0.05, 0.1) is 5.76 Å². The molecule has 0 aliphatic carbocycles. The minimum absolute atomic E-state index is 0. The first-order chi connectivity index (χ1) is 26.6. The van der Waals surface area contributed by atoms with Crippen LogP contribution in [0.4, 0.5) is 0 Å². The molecule has 6 rings (SSSR count). The Balaban J connectivity index is 0.000000319. The Hall–Kier alpha value is -3.64. The molecule has 1 N–H and O–H groups in total. The van der Waals surface area contributed by atoms with E-state index in [9.17, 15) is 9.90 Å². The number of benzene rings is 3. The molecular formula is C51H65IrN2O3S-. The molecular weight excluding hydrogens is 913 g/mol. The number of aromatic nitrogens is 2. The fourth-order valence-electron chi connectivity index (χ4n) is 8.45. The molecule has 0 aliphatic rings. The van der Waals surface area contributed by atoms with Gasteiger partial charge in [0.2, 0.25) is 0 Å². The summed E-state index contributed by atoms with van der Waals surface area (Å²) < 4.78 is 7.37. The Morgan fingerprint density at radius 3 is 2.05 bits per heavy atom. The molecule has 3 aromatic heterocycles. The molecule has 58 heavy (non-hydrogen) atoms. The average molecular weight is 978 g/mol. The number of aliphatic hydroxyl groups excluding tert-OH is 1. The maximum Gasteiger partial charge on any atom is 0.195 e. The normalized spacial score (nSPS) is 12.8. The fraction of sp³-hybridized carbons (Fsp3) is 0.471. The number of hydrogen-bond acceptors (Lipinski definition) is 6. The number of rotatable bonds is 10. The van der Waals surface area contributed by atoms with Crippen molar-refractivity contribution >= 4 is 49.1 Å². The molecule has 7 heteroatoms. The number of oxazole rings is 1. The van der Waals surface area contributed by atoms with Crippen LogP contribution in [0.1, 0.15) is 114 Å². The van der Waals surface area contributed by atoms with Gasteiger partial charge in [-0.15, -0.1) is 40.5 Å². The first-order valence-electron chi connectivity index (χ1n) is 20.8. The number of carbonyl (C=O) groups is 1. The van der Waals surface area contributed by atoms with Crippen LogP contribution in [0.25, 0.3) is 53.7 Å². The van der Waals surface area contributed by atoms with Crippen LogP contribution in [0, 0.1) is 53.9 Å². The summed E-state index contributed by atoms with van der Waals surface area (Å²) in [4.78, 5) is 23.2. The van der Waals surface area contributed by atoms with Gasteiger partial charge in [-0.3, -0.25) is 9.78 Å². The largest absolute Gasteiger partial charge is 0.512 e. The van der Waals surface area contributed by atoms with E-state index < -0.39 is 0 Å². The van der Waals surface area contributed by atoms with E-state index in [-0.39, 0.29) is 54.3 Å². The molecule has 0 saturated carbocycles. The van der Waals surface area contributed by atoms with Gasteiger partial charge in [0.25, 0.3) is 0 Å². The number of fused-ring (bicyclic) bond motifs is 3. The molecule has 5 nitrogen and oxygen atoms in total. The van der Waals surface area contributed by atoms with E-state index in [1.165, 1.54) is 37.6 Å². The summed E-state index contributed by atoms with van der Waals surface area (Å²) in [5.74, 6) is 2.43. The van der Waals surface area contributed by atoms with E-state index in [1.54, 1.807) is 11.3 Å². The van der Waals surface area contributed by atoms with E-state index in [2.05, 4.69) is 165 Å². The summed E-state index contributed by atoms with van der Waals surface area (Å²) >= 11 is 1.80. The van der Waals surface area contributed by atoms with Gasteiger partial charge in [0, 0.05) is 65.9 Å². The van der Waals surface area contributed by atoms with Crippen LogP contribution in [0.3, 0.4) is 0 Å². The predicted octanol–water partition coefficient (Wildman–Crippen LogP) is 14.8. The molecule has 0 amide bonds. The topological polar surface area (TPSA) is 76.2 Å². The first-order valence-corrected chi connectivity index (χ1v) is 21.6. The van der Waals surface area contributed by atoms with Crippen LogP contribution in [0.15, 0.2) is 77.0 Å². The molecule has 1 radical (unpaired) electrons. The van der Waals surface area contributed by atoms with Gasteiger partial charge in [-0.2, -0.15) is 0 Å². The van der Waals surface area contributed by atoms with Crippen molar-refractivity contribution in [2.75, 3.05) is 0 Å². The van der Waals surface area contributed by atoms with Gasteiger partial charge in [-0.05, 0) is 76.1 Å². The summed E-state index contributed by atoms with van der Waals surface area (Å²) in [6, 6.07) is 23.0. The van der Waals surface area contributed by atoms with Crippen molar-refractivity contribution in [1.29, 1.82) is 0 Å². The second-order valence-corrected chi connectivity index (χ2v) is 20.5. The van der Waals surface area contributed by atoms with E-state index in [1.807, 2.05) is 6.20 Å². The van der Waals surface area contributed by atoms with Crippen molar-refractivity contribution in [1.82, 2.24) is 9.97 Å². The molecule has 6 aromatic rings. The summed E-state index contributed by atoms with van der Waals surface area (Å²) in [6.45, 7) is 32.2. The number of ketones is 1.